The van der Waals surface area contributed by atoms with Gasteiger partial charge in [-0.1, -0.05) is 18.2 Å². The van der Waals surface area contributed by atoms with Crippen molar-refractivity contribution in [2.75, 3.05) is 37.0 Å². The molecule has 1 unspecified atom stereocenters. The van der Waals surface area contributed by atoms with Crippen molar-refractivity contribution in [1.82, 2.24) is 14.9 Å². The Morgan fingerprint density at radius 3 is 2.64 bits per heavy atom. The van der Waals surface area contributed by atoms with Gasteiger partial charge in [0.1, 0.15) is 11.6 Å². The van der Waals surface area contributed by atoms with Crippen LogP contribution in [0.5, 0.6) is 5.75 Å². The van der Waals surface area contributed by atoms with E-state index >= 15 is 0 Å². The molecule has 170 valence electrons. The van der Waals surface area contributed by atoms with E-state index in [1.165, 1.54) is 5.56 Å². The van der Waals surface area contributed by atoms with Crippen molar-refractivity contribution in [3.8, 4) is 17.1 Å². The van der Waals surface area contributed by atoms with Crippen molar-refractivity contribution in [1.29, 1.82) is 0 Å². The van der Waals surface area contributed by atoms with Crippen molar-refractivity contribution in [2.24, 2.45) is 0 Å². The van der Waals surface area contributed by atoms with Crippen molar-refractivity contribution in [2.45, 2.75) is 26.1 Å². The number of ether oxygens (including phenoxy) is 2. The quantitative estimate of drug-likeness (QED) is 0.652. The lowest BCUT2D eigenvalue weighted by atomic mass is 10.1. The lowest BCUT2D eigenvalue weighted by molar-refractivity contribution is 0.0984. The van der Waals surface area contributed by atoms with Crippen LogP contribution >= 0.6 is 0 Å². The van der Waals surface area contributed by atoms with Gasteiger partial charge in [-0.15, -0.1) is 0 Å². The number of aromatic nitrogens is 2. The molecule has 8 nitrogen and oxygen atoms in total. The highest BCUT2D eigenvalue weighted by Crippen LogP contribution is 2.33. The molecule has 8 heteroatoms. The third-order valence-electron chi connectivity index (χ3n) is 5.90. The average Bonchev–Trinajstić information content (AvgIpc) is 3.20. The van der Waals surface area contributed by atoms with Gasteiger partial charge in [0.25, 0.3) is 0 Å². The molecule has 2 aliphatic heterocycles. The molecular weight excluding hydrogens is 418 g/mol. The van der Waals surface area contributed by atoms with Gasteiger partial charge in [-0.05, 0) is 50.4 Å². The molecule has 3 aromatic rings. The number of rotatable bonds is 4. The fourth-order valence-electron chi connectivity index (χ4n) is 4.24. The molecule has 0 spiro atoms. The highest BCUT2D eigenvalue weighted by Gasteiger charge is 2.29. The molecule has 1 N–H and O–H groups in total. The van der Waals surface area contributed by atoms with Gasteiger partial charge in [0.2, 0.25) is 0 Å². The molecule has 0 saturated carbocycles. The maximum Gasteiger partial charge on any atom is 0.417 e. The lowest BCUT2D eigenvalue weighted by Crippen LogP contribution is -2.44. The third-order valence-corrected chi connectivity index (χ3v) is 5.90. The number of para-hydroxylation sites is 1. The summed E-state index contributed by atoms with van der Waals surface area (Å²) in [6, 6.07) is 16.7. The Morgan fingerprint density at radius 1 is 1.09 bits per heavy atom. The molecule has 2 aliphatic rings. The Balaban J connectivity index is 1.37. The number of hydrogen-bond acceptors (Lipinski definition) is 7. The molecule has 1 fully saturated rings. The van der Waals surface area contributed by atoms with E-state index in [4.69, 9.17) is 19.4 Å². The van der Waals surface area contributed by atoms with Gasteiger partial charge in [-0.2, -0.15) is 0 Å². The van der Waals surface area contributed by atoms with Crippen LogP contribution in [0.4, 0.5) is 16.3 Å². The Kier molecular flexibility index (Phi) is 5.93. The number of nitrogens with zero attached hydrogens (tertiary/aromatic N) is 4. The second-order valence-corrected chi connectivity index (χ2v) is 8.49. The summed E-state index contributed by atoms with van der Waals surface area (Å²) in [5.74, 6) is 2.19. The van der Waals surface area contributed by atoms with E-state index in [0.29, 0.717) is 30.5 Å². The maximum absolute atomic E-state index is 12.2. The predicted octanol–water partition coefficient (Wildman–Crippen LogP) is 3.93. The average molecular weight is 446 g/mol. The van der Waals surface area contributed by atoms with Gasteiger partial charge in [-0.25, -0.2) is 14.8 Å². The van der Waals surface area contributed by atoms with Crippen LogP contribution in [0.2, 0.25) is 0 Å². The fourth-order valence-corrected chi connectivity index (χ4v) is 4.24. The number of carbonyl (C=O) groups excluding carboxylic acids is 1. The summed E-state index contributed by atoms with van der Waals surface area (Å²) in [7, 11) is 2.10. The molecule has 1 aromatic heterocycles. The first kappa shape index (κ1) is 21.4. The van der Waals surface area contributed by atoms with Gasteiger partial charge in [0.15, 0.2) is 5.82 Å². The summed E-state index contributed by atoms with van der Waals surface area (Å²) in [5, 5.41) is 2.75. The van der Waals surface area contributed by atoms with Crippen LogP contribution in [-0.2, 0) is 17.8 Å². The topological polar surface area (TPSA) is 79.8 Å². The highest BCUT2D eigenvalue weighted by atomic mass is 16.6. The molecule has 5 rings (SSSR count). The SMILES string of the molecule is CC1COCCN1c1nc(-c2ccc(NC(=O)Oc3ccccc3)cc2)nc2c1CN(C)C2. The normalized spacial score (nSPS) is 18.1. The number of carbonyl (C=O) groups is 1. The van der Waals surface area contributed by atoms with Crippen LogP contribution < -0.4 is 15.0 Å². The van der Waals surface area contributed by atoms with Gasteiger partial charge in [0, 0.05) is 36.4 Å². The molecule has 0 radical (unpaired) electrons. The summed E-state index contributed by atoms with van der Waals surface area (Å²) >= 11 is 0. The number of fused-ring (bicyclic) bond motifs is 1. The number of hydrogen-bond donors (Lipinski definition) is 1. The van der Waals surface area contributed by atoms with Crippen molar-refractivity contribution in [3.05, 3.63) is 65.9 Å². The molecule has 1 amide bonds. The van der Waals surface area contributed by atoms with Gasteiger partial charge < -0.3 is 14.4 Å². The first-order valence-electron chi connectivity index (χ1n) is 11.1. The number of morpholine rings is 1. The molecule has 3 heterocycles. The van der Waals surface area contributed by atoms with Crippen molar-refractivity contribution in [3.63, 3.8) is 0 Å². The van der Waals surface area contributed by atoms with Gasteiger partial charge >= 0.3 is 6.09 Å². The van der Waals surface area contributed by atoms with Gasteiger partial charge in [0.05, 0.1) is 24.9 Å². The smallest absolute Gasteiger partial charge is 0.410 e. The van der Waals surface area contributed by atoms with E-state index < -0.39 is 6.09 Å². The lowest BCUT2D eigenvalue weighted by Gasteiger charge is -2.35. The van der Waals surface area contributed by atoms with Crippen LogP contribution in [0.3, 0.4) is 0 Å². The van der Waals surface area contributed by atoms with Crippen LogP contribution in [0, 0.1) is 0 Å². The van der Waals surface area contributed by atoms with Crippen molar-refractivity contribution >= 4 is 17.6 Å². The molecule has 2 aromatic carbocycles. The predicted molar refractivity (Wildman–Crippen MR) is 126 cm³/mol. The molecule has 33 heavy (non-hydrogen) atoms. The Hall–Kier alpha value is -3.49. The maximum atomic E-state index is 12.2. The number of benzene rings is 2. The van der Waals surface area contributed by atoms with E-state index in [1.54, 1.807) is 12.1 Å². The highest BCUT2D eigenvalue weighted by molar-refractivity contribution is 5.86. The van der Waals surface area contributed by atoms with E-state index in [2.05, 4.69) is 29.1 Å². The minimum atomic E-state index is -0.533. The van der Waals surface area contributed by atoms with E-state index in [9.17, 15) is 4.79 Å². The summed E-state index contributed by atoms with van der Waals surface area (Å²) in [5.41, 5.74) is 3.82. The van der Waals surface area contributed by atoms with Gasteiger partial charge in [-0.3, -0.25) is 10.2 Å². The largest absolute Gasteiger partial charge is 0.417 e. The fraction of sp³-hybridized carbons (Fsp3) is 0.320. The summed E-state index contributed by atoms with van der Waals surface area (Å²) in [4.78, 5) is 26.6. The molecule has 1 atom stereocenters. The Morgan fingerprint density at radius 2 is 1.88 bits per heavy atom. The van der Waals surface area contributed by atoms with E-state index in [0.717, 1.165) is 36.7 Å². The molecule has 0 bridgehead atoms. The van der Waals surface area contributed by atoms with Crippen molar-refractivity contribution < 1.29 is 14.3 Å². The van der Waals surface area contributed by atoms with Crippen LogP contribution in [-0.4, -0.2) is 53.8 Å². The summed E-state index contributed by atoms with van der Waals surface area (Å²) in [6.07, 6.45) is -0.533. The van der Waals surface area contributed by atoms with Crippen LogP contribution in [0.15, 0.2) is 54.6 Å². The molecule has 0 aliphatic carbocycles. The Labute approximate surface area is 193 Å². The second-order valence-electron chi connectivity index (χ2n) is 8.49. The van der Waals surface area contributed by atoms with Crippen LogP contribution in [0.1, 0.15) is 18.2 Å². The van der Waals surface area contributed by atoms with E-state index in [-0.39, 0.29) is 6.04 Å². The van der Waals surface area contributed by atoms with E-state index in [1.807, 2.05) is 42.5 Å². The minimum Gasteiger partial charge on any atom is -0.410 e. The van der Waals surface area contributed by atoms with Crippen LogP contribution in [0.25, 0.3) is 11.4 Å². The second kappa shape index (κ2) is 9.17. The molecular formula is C25H27N5O3. The zero-order valence-corrected chi connectivity index (χ0v) is 18.8. The Bertz CT molecular complexity index is 1140. The monoisotopic (exact) mass is 445 g/mol. The standard InChI is InChI=1S/C25H27N5O3/c1-17-16-32-13-12-30(17)24-21-14-29(2)15-22(21)27-23(28-24)18-8-10-19(11-9-18)26-25(31)33-20-6-4-3-5-7-20/h3-11,17H,12-16H2,1-2H3,(H,26,31). The number of nitrogens with one attached hydrogen (secondary N) is 1. The summed E-state index contributed by atoms with van der Waals surface area (Å²) in [6.45, 7) is 6.04. The minimum absolute atomic E-state index is 0.263. The summed E-state index contributed by atoms with van der Waals surface area (Å²) < 4.78 is 10.9. The number of amides is 1. The first-order chi connectivity index (χ1) is 16.1. The third kappa shape index (κ3) is 4.67. The number of anilines is 2. The zero-order chi connectivity index (χ0) is 22.8. The zero-order valence-electron chi connectivity index (χ0n) is 18.8. The molecule has 1 saturated heterocycles. The first-order valence-corrected chi connectivity index (χ1v) is 11.1.